The average molecular weight is 346 g/mol. The van der Waals surface area contributed by atoms with Crippen LogP contribution in [0.4, 0.5) is 4.39 Å². The summed E-state index contributed by atoms with van der Waals surface area (Å²) in [5, 5.41) is 0.922. The molecule has 0 amide bonds. The fourth-order valence-corrected chi connectivity index (χ4v) is 2.66. The second kappa shape index (κ2) is 6.45. The molecule has 0 aliphatic carbocycles. The zero-order valence-electron chi connectivity index (χ0n) is 12.8. The summed E-state index contributed by atoms with van der Waals surface area (Å²) in [6.45, 7) is 2.23. The second-order valence-electron chi connectivity index (χ2n) is 5.14. The van der Waals surface area contributed by atoms with Gasteiger partial charge in [0.05, 0.1) is 10.6 Å². The Balaban J connectivity index is 2.10. The maximum atomic E-state index is 13.1. The van der Waals surface area contributed by atoms with Gasteiger partial charge in [-0.05, 0) is 31.2 Å². The second-order valence-corrected chi connectivity index (χ2v) is 5.55. The summed E-state index contributed by atoms with van der Waals surface area (Å²) in [6, 6.07) is 10.3. The van der Waals surface area contributed by atoms with Gasteiger partial charge in [0.2, 0.25) is 0 Å². The van der Waals surface area contributed by atoms with Gasteiger partial charge in [-0.1, -0.05) is 29.8 Å². The number of carbonyl (C=O) groups is 1. The molecule has 6 heteroatoms. The number of fused-ring (bicyclic) bond motifs is 1. The van der Waals surface area contributed by atoms with Crippen molar-refractivity contribution in [2.75, 3.05) is 0 Å². The highest BCUT2D eigenvalue weighted by molar-refractivity contribution is 6.32. The molecule has 24 heavy (non-hydrogen) atoms. The van der Waals surface area contributed by atoms with E-state index in [4.69, 9.17) is 16.3 Å². The number of ether oxygens (including phenoxy) is 1. The van der Waals surface area contributed by atoms with E-state index in [1.807, 2.05) is 6.92 Å². The zero-order valence-corrected chi connectivity index (χ0v) is 13.5. The minimum atomic E-state index is -0.665. The molecule has 2 aromatic carbocycles. The van der Waals surface area contributed by atoms with Crippen molar-refractivity contribution in [2.45, 2.75) is 13.5 Å². The van der Waals surface area contributed by atoms with E-state index in [0.29, 0.717) is 17.3 Å². The minimum absolute atomic E-state index is 0.00327. The van der Waals surface area contributed by atoms with Crippen LogP contribution in [0.1, 0.15) is 17.3 Å². The fraction of sp³-hybridized carbons (Fsp3) is 0.111. The molecule has 0 aliphatic heterocycles. The number of benzene rings is 2. The Labute approximate surface area is 142 Å². The molecule has 0 aliphatic rings. The number of halogens is 2. The molecular weight excluding hydrogens is 333 g/mol. The monoisotopic (exact) mass is 345 g/mol. The van der Waals surface area contributed by atoms with Crippen LogP contribution in [0.5, 0.6) is 5.75 Å². The number of aromatic nitrogens is 1. The van der Waals surface area contributed by atoms with E-state index in [1.54, 1.807) is 24.3 Å². The molecule has 0 atom stereocenters. The lowest BCUT2D eigenvalue weighted by Crippen LogP contribution is -2.22. The number of hydrogen-bond donors (Lipinski definition) is 0. The molecule has 3 rings (SSSR count). The summed E-state index contributed by atoms with van der Waals surface area (Å²) in [5.41, 5.74) is 0.0666. The number of hydrogen-bond acceptors (Lipinski definition) is 3. The Kier molecular flexibility index (Phi) is 4.36. The Morgan fingerprint density at radius 1 is 1.21 bits per heavy atom. The van der Waals surface area contributed by atoms with Crippen LogP contribution in [0.25, 0.3) is 10.8 Å². The molecule has 122 valence electrons. The molecule has 4 nitrogen and oxygen atoms in total. The van der Waals surface area contributed by atoms with Gasteiger partial charge in [-0.15, -0.1) is 0 Å². The van der Waals surface area contributed by atoms with Crippen molar-refractivity contribution < 1.29 is 13.9 Å². The molecule has 0 saturated carbocycles. The van der Waals surface area contributed by atoms with Crippen LogP contribution in [0.3, 0.4) is 0 Å². The quantitative estimate of drug-likeness (QED) is 0.532. The Morgan fingerprint density at radius 2 is 1.92 bits per heavy atom. The number of nitrogens with zero attached hydrogens (tertiary/aromatic N) is 1. The van der Waals surface area contributed by atoms with Crippen molar-refractivity contribution in [3.05, 3.63) is 75.4 Å². The molecule has 3 aromatic rings. The summed E-state index contributed by atoms with van der Waals surface area (Å²) >= 11 is 5.89. The van der Waals surface area contributed by atoms with Crippen molar-refractivity contribution >= 4 is 28.3 Å². The van der Waals surface area contributed by atoms with E-state index in [-0.39, 0.29) is 21.9 Å². The number of esters is 1. The SMILES string of the molecule is CCn1cc(C(=O)Oc2ccc(F)cc2Cl)c2ccccc2c1=O. The van der Waals surface area contributed by atoms with Gasteiger partial charge < -0.3 is 9.30 Å². The highest BCUT2D eigenvalue weighted by Gasteiger charge is 2.17. The van der Waals surface area contributed by atoms with Crippen molar-refractivity contribution in [1.29, 1.82) is 0 Å². The smallest absolute Gasteiger partial charge is 0.345 e. The molecule has 0 fully saturated rings. The molecule has 0 radical (unpaired) electrons. The third-order valence-electron chi connectivity index (χ3n) is 3.65. The first-order chi connectivity index (χ1) is 11.5. The third-order valence-corrected chi connectivity index (χ3v) is 3.95. The largest absolute Gasteiger partial charge is 0.421 e. The van der Waals surface area contributed by atoms with Crippen LogP contribution in [0.2, 0.25) is 5.02 Å². The van der Waals surface area contributed by atoms with Gasteiger partial charge in [0.1, 0.15) is 11.6 Å². The molecule has 0 spiro atoms. The Morgan fingerprint density at radius 3 is 2.58 bits per heavy atom. The van der Waals surface area contributed by atoms with E-state index in [1.165, 1.54) is 16.8 Å². The van der Waals surface area contributed by atoms with E-state index >= 15 is 0 Å². The van der Waals surface area contributed by atoms with Gasteiger partial charge in [-0.3, -0.25) is 4.79 Å². The van der Waals surface area contributed by atoms with E-state index in [9.17, 15) is 14.0 Å². The molecule has 1 aromatic heterocycles. The van der Waals surface area contributed by atoms with Crippen molar-refractivity contribution in [3.63, 3.8) is 0 Å². The maximum absolute atomic E-state index is 13.1. The van der Waals surface area contributed by atoms with Gasteiger partial charge >= 0.3 is 5.97 Å². The lowest BCUT2D eigenvalue weighted by molar-refractivity contribution is 0.0736. The van der Waals surface area contributed by atoms with Gasteiger partial charge in [0, 0.05) is 23.5 Å². The standard InChI is InChI=1S/C18H13ClFNO3/c1-2-21-10-14(12-5-3-4-6-13(12)17(21)22)18(23)24-16-8-7-11(20)9-15(16)19/h3-10H,2H2,1H3. The molecular formula is C18H13ClFNO3. The third kappa shape index (κ3) is 2.90. The van der Waals surface area contributed by atoms with Crippen molar-refractivity contribution in [3.8, 4) is 5.75 Å². The normalized spacial score (nSPS) is 10.8. The topological polar surface area (TPSA) is 48.3 Å². The average Bonchev–Trinajstić information content (AvgIpc) is 2.58. The summed E-state index contributed by atoms with van der Waals surface area (Å²) in [7, 11) is 0. The minimum Gasteiger partial charge on any atom is -0.421 e. The first kappa shape index (κ1) is 16.2. The fourth-order valence-electron chi connectivity index (χ4n) is 2.45. The van der Waals surface area contributed by atoms with E-state index in [0.717, 1.165) is 12.1 Å². The van der Waals surface area contributed by atoms with Crippen LogP contribution >= 0.6 is 11.6 Å². The molecule has 0 unspecified atom stereocenters. The summed E-state index contributed by atoms with van der Waals surface area (Å²) in [4.78, 5) is 24.9. The summed E-state index contributed by atoms with van der Waals surface area (Å²) in [5.74, 6) is -1.13. The van der Waals surface area contributed by atoms with Gasteiger partial charge in [-0.25, -0.2) is 9.18 Å². The van der Waals surface area contributed by atoms with Crippen LogP contribution in [0, 0.1) is 5.82 Å². The molecule has 1 heterocycles. The Bertz CT molecular complexity index is 997. The number of pyridine rings is 1. The highest BCUT2D eigenvalue weighted by atomic mass is 35.5. The van der Waals surface area contributed by atoms with Crippen LogP contribution < -0.4 is 10.3 Å². The van der Waals surface area contributed by atoms with Crippen LogP contribution in [-0.4, -0.2) is 10.5 Å². The molecule has 0 bridgehead atoms. The summed E-state index contributed by atoms with van der Waals surface area (Å²) < 4.78 is 19.8. The zero-order chi connectivity index (χ0) is 17.3. The maximum Gasteiger partial charge on any atom is 0.345 e. The number of rotatable bonds is 3. The molecule has 0 saturated heterocycles. The van der Waals surface area contributed by atoms with E-state index < -0.39 is 11.8 Å². The van der Waals surface area contributed by atoms with Crippen molar-refractivity contribution in [1.82, 2.24) is 4.57 Å². The van der Waals surface area contributed by atoms with Gasteiger partial charge in [0.25, 0.3) is 5.56 Å². The van der Waals surface area contributed by atoms with Crippen LogP contribution in [-0.2, 0) is 6.54 Å². The van der Waals surface area contributed by atoms with E-state index in [2.05, 4.69) is 0 Å². The lowest BCUT2D eigenvalue weighted by Gasteiger charge is -2.11. The lowest BCUT2D eigenvalue weighted by atomic mass is 10.1. The van der Waals surface area contributed by atoms with Gasteiger partial charge in [-0.2, -0.15) is 0 Å². The highest BCUT2D eigenvalue weighted by Crippen LogP contribution is 2.26. The summed E-state index contributed by atoms with van der Waals surface area (Å²) in [6.07, 6.45) is 1.46. The Hall–Kier alpha value is -2.66. The first-order valence-electron chi connectivity index (χ1n) is 7.30. The number of aryl methyl sites for hydroxylation is 1. The van der Waals surface area contributed by atoms with Crippen LogP contribution in [0.15, 0.2) is 53.5 Å². The number of carbonyl (C=O) groups excluding carboxylic acids is 1. The van der Waals surface area contributed by atoms with Crippen molar-refractivity contribution in [2.24, 2.45) is 0 Å². The predicted octanol–water partition coefficient (Wildman–Crippen LogP) is 4.03. The van der Waals surface area contributed by atoms with Gasteiger partial charge in [0.15, 0.2) is 0 Å². The predicted molar refractivity (Wildman–Crippen MR) is 90.3 cm³/mol. The molecule has 0 N–H and O–H groups in total. The first-order valence-corrected chi connectivity index (χ1v) is 7.68.